The van der Waals surface area contributed by atoms with Gasteiger partial charge in [-0.15, -0.1) is 0 Å². The summed E-state index contributed by atoms with van der Waals surface area (Å²) in [5, 5.41) is 0. The zero-order valence-corrected chi connectivity index (χ0v) is 38.0. The number of hydrogen-bond donors (Lipinski definition) is 0. The Bertz CT molecular complexity index is 3250. The fourth-order valence-corrected chi connectivity index (χ4v) is 9.82. The van der Waals surface area contributed by atoms with E-state index in [1.54, 1.807) is 0 Å². The predicted octanol–water partition coefficient (Wildman–Crippen LogP) is 18.7. The molecule has 0 amide bonds. The summed E-state index contributed by atoms with van der Waals surface area (Å²) < 4.78 is 0. The molecule has 0 saturated carbocycles. The van der Waals surface area contributed by atoms with E-state index in [1.807, 2.05) is 0 Å². The van der Waals surface area contributed by atoms with Gasteiger partial charge < -0.3 is 14.7 Å². The van der Waals surface area contributed by atoms with Crippen molar-refractivity contribution in [2.24, 2.45) is 0 Å². The minimum Gasteiger partial charge on any atom is -0.310 e. The van der Waals surface area contributed by atoms with Crippen LogP contribution in [0.3, 0.4) is 0 Å². The fraction of sp³-hybridized carbons (Fsp3) is 0. The van der Waals surface area contributed by atoms with Gasteiger partial charge in [0.15, 0.2) is 0 Å². The van der Waals surface area contributed by atoms with E-state index < -0.39 is 0 Å². The van der Waals surface area contributed by atoms with Gasteiger partial charge in [-0.3, -0.25) is 0 Å². The lowest BCUT2D eigenvalue weighted by atomic mass is 9.95. The van der Waals surface area contributed by atoms with Crippen molar-refractivity contribution < 1.29 is 0 Å². The second kappa shape index (κ2) is 18.2. The highest BCUT2D eigenvalue weighted by Crippen LogP contribution is 2.54. The van der Waals surface area contributed by atoms with Crippen molar-refractivity contribution >= 4 is 51.2 Å². The summed E-state index contributed by atoms with van der Waals surface area (Å²) in [6.07, 6.45) is 0. The average Bonchev–Trinajstić information content (AvgIpc) is 3.43. The van der Waals surface area contributed by atoms with E-state index >= 15 is 0 Å². The molecule has 0 N–H and O–H groups in total. The zero-order chi connectivity index (χ0) is 45.9. The van der Waals surface area contributed by atoms with Crippen molar-refractivity contribution in [1.82, 2.24) is 0 Å². The van der Waals surface area contributed by atoms with Crippen LogP contribution in [0.15, 0.2) is 285 Å². The maximum absolute atomic E-state index is 2.43. The number of benzene rings is 11. The van der Waals surface area contributed by atoms with Crippen LogP contribution in [0.1, 0.15) is 0 Å². The molecular weight excluding hydrogens is 835 g/mol. The molecular formula is C66H47N3. The van der Waals surface area contributed by atoms with Crippen LogP contribution in [-0.4, -0.2) is 0 Å². The number of para-hydroxylation sites is 5. The molecule has 3 nitrogen and oxygen atoms in total. The fourth-order valence-electron chi connectivity index (χ4n) is 9.82. The lowest BCUT2D eigenvalue weighted by Gasteiger charge is -2.40. The van der Waals surface area contributed by atoms with Gasteiger partial charge in [-0.25, -0.2) is 0 Å². The normalized spacial score (nSPS) is 11.7. The summed E-state index contributed by atoms with van der Waals surface area (Å²) in [6.45, 7) is 0. The lowest BCUT2D eigenvalue weighted by Crippen LogP contribution is -2.23. The van der Waals surface area contributed by atoms with Crippen LogP contribution in [0.5, 0.6) is 0 Å². The maximum Gasteiger partial charge on any atom is 0.0703 e. The Morgan fingerprint density at radius 3 is 0.884 bits per heavy atom. The first-order valence-electron chi connectivity index (χ1n) is 23.6. The molecule has 0 fully saturated rings. The summed E-state index contributed by atoms with van der Waals surface area (Å²) in [6, 6.07) is 103. The molecule has 11 aromatic rings. The molecule has 0 bridgehead atoms. The molecule has 1 aliphatic heterocycles. The highest BCUT2D eigenvalue weighted by molar-refractivity contribution is 6.02. The summed E-state index contributed by atoms with van der Waals surface area (Å²) in [5.41, 5.74) is 21.5. The molecule has 0 aromatic heterocycles. The molecule has 3 heteroatoms. The highest BCUT2D eigenvalue weighted by Gasteiger charge is 2.30. The van der Waals surface area contributed by atoms with Crippen LogP contribution in [0.25, 0.3) is 55.6 Å². The van der Waals surface area contributed by atoms with Crippen LogP contribution in [0, 0.1) is 0 Å². The topological polar surface area (TPSA) is 9.72 Å². The largest absolute Gasteiger partial charge is 0.310 e. The summed E-state index contributed by atoms with van der Waals surface area (Å²) in [4.78, 5) is 7.20. The SMILES string of the molecule is c1ccc(-c2cc(-c3ccccc3)cc(N(c3ccc(-c4cccc(N5c6ccccc6N(c6ccccc6)c6ccccc65)c4)cc3)c3cc(-c4ccccc4)cc(-c4ccccc4)c3)c2)cc1. The Labute approximate surface area is 404 Å². The van der Waals surface area contributed by atoms with Gasteiger partial charge in [0.1, 0.15) is 0 Å². The molecule has 12 rings (SSSR count). The van der Waals surface area contributed by atoms with Gasteiger partial charge in [-0.1, -0.05) is 188 Å². The molecule has 69 heavy (non-hydrogen) atoms. The summed E-state index contributed by atoms with van der Waals surface area (Å²) in [7, 11) is 0. The second-order valence-corrected chi connectivity index (χ2v) is 17.4. The Morgan fingerprint density at radius 1 is 0.188 bits per heavy atom. The summed E-state index contributed by atoms with van der Waals surface area (Å²) >= 11 is 0. The van der Waals surface area contributed by atoms with Gasteiger partial charge in [0.2, 0.25) is 0 Å². The Morgan fingerprint density at radius 2 is 0.493 bits per heavy atom. The van der Waals surface area contributed by atoms with Crippen molar-refractivity contribution in [3.8, 4) is 55.6 Å². The first kappa shape index (κ1) is 41.3. The Balaban J connectivity index is 1.00. The maximum atomic E-state index is 2.43. The molecule has 1 aliphatic rings. The van der Waals surface area contributed by atoms with Gasteiger partial charge in [0, 0.05) is 28.4 Å². The van der Waals surface area contributed by atoms with Crippen LogP contribution in [0.2, 0.25) is 0 Å². The van der Waals surface area contributed by atoms with E-state index in [9.17, 15) is 0 Å². The lowest BCUT2D eigenvalue weighted by molar-refractivity contribution is 1.17. The molecule has 0 atom stereocenters. The van der Waals surface area contributed by atoms with Crippen LogP contribution in [-0.2, 0) is 0 Å². The van der Waals surface area contributed by atoms with E-state index in [1.165, 1.54) is 22.3 Å². The first-order valence-corrected chi connectivity index (χ1v) is 23.6. The number of fused-ring (bicyclic) bond motifs is 2. The van der Waals surface area contributed by atoms with Crippen molar-refractivity contribution in [2.75, 3.05) is 14.7 Å². The Kier molecular flexibility index (Phi) is 10.9. The molecule has 0 aliphatic carbocycles. The van der Waals surface area contributed by atoms with E-state index in [2.05, 4.69) is 300 Å². The monoisotopic (exact) mass is 881 g/mol. The molecule has 326 valence electrons. The molecule has 0 saturated heterocycles. The quantitative estimate of drug-likeness (QED) is 0.135. The van der Waals surface area contributed by atoms with Crippen molar-refractivity contribution in [1.29, 1.82) is 0 Å². The van der Waals surface area contributed by atoms with E-state index in [4.69, 9.17) is 0 Å². The third-order valence-corrected chi connectivity index (χ3v) is 13.1. The number of hydrogen-bond acceptors (Lipinski definition) is 3. The van der Waals surface area contributed by atoms with Crippen molar-refractivity contribution in [3.63, 3.8) is 0 Å². The number of nitrogens with zero attached hydrogens (tertiary/aromatic N) is 3. The minimum atomic E-state index is 1.06. The van der Waals surface area contributed by atoms with E-state index in [-0.39, 0.29) is 0 Å². The molecule has 0 unspecified atom stereocenters. The molecule has 0 radical (unpaired) electrons. The minimum absolute atomic E-state index is 1.06. The van der Waals surface area contributed by atoms with Gasteiger partial charge in [-0.05, 0) is 153 Å². The average molecular weight is 882 g/mol. The van der Waals surface area contributed by atoms with Crippen molar-refractivity contribution in [2.45, 2.75) is 0 Å². The molecule has 11 aromatic carbocycles. The predicted molar refractivity (Wildman–Crippen MR) is 291 cm³/mol. The number of rotatable bonds is 10. The first-order chi connectivity index (χ1) is 34.2. The van der Waals surface area contributed by atoms with Gasteiger partial charge >= 0.3 is 0 Å². The van der Waals surface area contributed by atoms with Crippen molar-refractivity contribution in [3.05, 3.63) is 285 Å². The van der Waals surface area contributed by atoms with Gasteiger partial charge in [0.25, 0.3) is 0 Å². The van der Waals surface area contributed by atoms with Crippen LogP contribution in [0.4, 0.5) is 51.2 Å². The smallest absolute Gasteiger partial charge is 0.0703 e. The Hall–Kier alpha value is -9.18. The third-order valence-electron chi connectivity index (χ3n) is 13.1. The number of anilines is 9. The van der Waals surface area contributed by atoms with Gasteiger partial charge in [0.05, 0.1) is 22.7 Å². The summed E-state index contributed by atoms with van der Waals surface area (Å²) in [5.74, 6) is 0. The molecule has 0 spiro atoms. The molecule has 1 heterocycles. The zero-order valence-electron chi connectivity index (χ0n) is 38.0. The second-order valence-electron chi connectivity index (χ2n) is 17.4. The van der Waals surface area contributed by atoms with Gasteiger partial charge in [-0.2, -0.15) is 0 Å². The third kappa shape index (κ3) is 8.13. The van der Waals surface area contributed by atoms with Crippen LogP contribution < -0.4 is 14.7 Å². The standard InChI is InChI=1S/C66H47N3/c1-6-21-48(22-7-1)54-41-55(49-23-8-2-9-24-49)45-61(44-54)67(62-46-56(50-25-10-3-11-26-50)42-57(47-62)51-27-12-4-13-28-51)59-39-37-52(38-40-59)53-29-20-32-60(43-53)69-65-35-18-16-33-63(65)68(58-30-14-5-15-31-58)64-34-17-19-36-66(64)69/h1-47H. The highest BCUT2D eigenvalue weighted by atomic mass is 15.3. The van der Waals surface area contributed by atoms with E-state index in [0.717, 1.165) is 84.6 Å². The van der Waals surface area contributed by atoms with E-state index in [0.29, 0.717) is 0 Å². The van der Waals surface area contributed by atoms with Crippen LogP contribution >= 0.6 is 0 Å².